The molecule has 0 amide bonds. The number of nitro benzene ring substituents is 1. The zero-order valence-corrected chi connectivity index (χ0v) is 14.0. The molecule has 0 unspecified atom stereocenters. The van der Waals surface area contributed by atoms with Gasteiger partial charge in [-0.3, -0.25) is 14.9 Å². The number of H-pyrrole nitrogens is 1. The van der Waals surface area contributed by atoms with E-state index in [-0.39, 0.29) is 16.8 Å². The van der Waals surface area contributed by atoms with E-state index in [4.69, 9.17) is 0 Å². The number of hydrogen-bond acceptors (Lipinski definition) is 4. The highest BCUT2D eigenvalue weighted by molar-refractivity contribution is 6.20. The van der Waals surface area contributed by atoms with Crippen LogP contribution in [0.5, 0.6) is 0 Å². The molecule has 0 spiro atoms. The van der Waals surface area contributed by atoms with Gasteiger partial charge in [0, 0.05) is 28.7 Å². The summed E-state index contributed by atoms with van der Waals surface area (Å²) in [6.45, 7) is 2.02. The summed E-state index contributed by atoms with van der Waals surface area (Å²) in [6.07, 6.45) is 3.66. The van der Waals surface area contributed by atoms with E-state index in [1.165, 1.54) is 24.3 Å². The van der Waals surface area contributed by atoms with Gasteiger partial charge in [0.2, 0.25) is 5.78 Å². The first kappa shape index (κ1) is 17.1. The van der Waals surface area contributed by atoms with E-state index in [2.05, 4.69) is 4.98 Å². The third kappa shape index (κ3) is 2.98. The lowest BCUT2D eigenvalue weighted by molar-refractivity contribution is -0.385. The number of para-hydroxylation sites is 2. The number of Topliss-reactive ketones (excluding diaryl/α,β-unsaturated/α-hetero) is 1. The highest BCUT2D eigenvalue weighted by Gasteiger charge is 2.19. The maximum absolute atomic E-state index is 12.9. The SMILES string of the molecule is CCc1cccc2c(C(=O)/C(C#N)=C/c3ccccc3[N+](=O)[O-])c[nH]c12. The Kier molecular flexibility index (Phi) is 4.63. The first-order chi connectivity index (χ1) is 12.6. The third-order valence-electron chi connectivity index (χ3n) is 4.23. The minimum absolute atomic E-state index is 0.151. The maximum Gasteiger partial charge on any atom is 0.276 e. The van der Waals surface area contributed by atoms with Crippen LogP contribution >= 0.6 is 0 Å². The second kappa shape index (κ2) is 7.03. The van der Waals surface area contributed by atoms with Crippen molar-refractivity contribution in [3.8, 4) is 6.07 Å². The topological polar surface area (TPSA) is 99.8 Å². The number of hydrogen-bond donors (Lipinski definition) is 1. The number of allylic oxidation sites excluding steroid dienone is 1. The molecule has 0 aliphatic rings. The van der Waals surface area contributed by atoms with Crippen molar-refractivity contribution >= 4 is 28.4 Å². The Hall–Kier alpha value is -3.72. The van der Waals surface area contributed by atoms with Gasteiger partial charge in [0.05, 0.1) is 10.5 Å². The summed E-state index contributed by atoms with van der Waals surface area (Å²) < 4.78 is 0. The van der Waals surface area contributed by atoms with Gasteiger partial charge in [-0.2, -0.15) is 5.26 Å². The lowest BCUT2D eigenvalue weighted by Gasteiger charge is -2.02. The summed E-state index contributed by atoms with van der Waals surface area (Å²) in [5.41, 5.74) is 2.23. The van der Waals surface area contributed by atoms with Gasteiger partial charge in [-0.15, -0.1) is 0 Å². The second-order valence-electron chi connectivity index (χ2n) is 5.71. The van der Waals surface area contributed by atoms with Crippen LogP contribution in [-0.2, 0) is 6.42 Å². The van der Waals surface area contributed by atoms with E-state index in [1.54, 1.807) is 12.3 Å². The number of nitrogens with one attached hydrogen (secondary N) is 1. The van der Waals surface area contributed by atoms with Crippen LogP contribution < -0.4 is 0 Å². The molecule has 3 aromatic rings. The average molecular weight is 345 g/mol. The van der Waals surface area contributed by atoms with Crippen LogP contribution in [0.2, 0.25) is 0 Å². The molecule has 0 saturated carbocycles. The quantitative estimate of drug-likeness (QED) is 0.243. The predicted octanol–water partition coefficient (Wildman–Crippen LogP) is 4.43. The summed E-state index contributed by atoms with van der Waals surface area (Å²) in [5.74, 6) is -0.467. The molecule has 1 N–H and O–H groups in total. The zero-order valence-electron chi connectivity index (χ0n) is 14.0. The second-order valence-corrected chi connectivity index (χ2v) is 5.71. The number of nitriles is 1. The van der Waals surface area contributed by atoms with E-state index in [0.717, 1.165) is 22.9 Å². The normalized spacial score (nSPS) is 11.3. The molecule has 0 fully saturated rings. The number of carbonyl (C=O) groups excluding carboxylic acids is 1. The summed E-state index contributed by atoms with van der Waals surface area (Å²) in [6, 6.07) is 13.5. The number of aromatic amines is 1. The van der Waals surface area contributed by atoms with Gasteiger partial charge in [0.15, 0.2) is 0 Å². The molecule has 3 rings (SSSR count). The monoisotopic (exact) mass is 345 g/mol. The summed E-state index contributed by atoms with van der Waals surface area (Å²) >= 11 is 0. The minimum Gasteiger partial charge on any atom is -0.360 e. The Morgan fingerprint density at radius 3 is 2.73 bits per heavy atom. The minimum atomic E-state index is -0.537. The van der Waals surface area contributed by atoms with Gasteiger partial charge in [-0.05, 0) is 24.1 Å². The zero-order chi connectivity index (χ0) is 18.7. The first-order valence-electron chi connectivity index (χ1n) is 8.05. The molecule has 1 heterocycles. The van der Waals surface area contributed by atoms with Crippen molar-refractivity contribution in [3.05, 3.63) is 81.0 Å². The number of aromatic nitrogens is 1. The number of rotatable bonds is 5. The summed E-state index contributed by atoms with van der Waals surface area (Å²) in [7, 11) is 0. The van der Waals surface area contributed by atoms with E-state index < -0.39 is 10.7 Å². The predicted molar refractivity (Wildman–Crippen MR) is 98.7 cm³/mol. The van der Waals surface area contributed by atoms with E-state index >= 15 is 0 Å². The van der Waals surface area contributed by atoms with Crippen LogP contribution in [0.1, 0.15) is 28.4 Å². The van der Waals surface area contributed by atoms with Gasteiger partial charge in [0.1, 0.15) is 11.6 Å². The van der Waals surface area contributed by atoms with Crippen LogP contribution in [0.15, 0.2) is 54.2 Å². The molecule has 6 heteroatoms. The van der Waals surface area contributed by atoms with Crippen molar-refractivity contribution in [2.45, 2.75) is 13.3 Å². The van der Waals surface area contributed by atoms with Gasteiger partial charge in [-0.25, -0.2) is 0 Å². The number of benzene rings is 2. The Bertz CT molecular complexity index is 1090. The van der Waals surface area contributed by atoms with Gasteiger partial charge in [-0.1, -0.05) is 37.3 Å². The van der Waals surface area contributed by atoms with Gasteiger partial charge >= 0.3 is 0 Å². The molecule has 6 nitrogen and oxygen atoms in total. The molecule has 0 atom stereocenters. The molecule has 128 valence electrons. The molecular formula is C20H15N3O3. The van der Waals surface area contributed by atoms with Crippen LogP contribution in [-0.4, -0.2) is 15.7 Å². The number of ketones is 1. The number of carbonyl (C=O) groups is 1. The molecule has 1 aromatic heterocycles. The molecular weight excluding hydrogens is 330 g/mol. The standard InChI is InChI=1S/C20H15N3O3/c1-2-13-7-5-8-16-17(12-22-19(13)16)20(24)15(11-21)10-14-6-3-4-9-18(14)23(25)26/h3-10,12,22H,2H2,1H3/b15-10+. The van der Waals surface area contributed by atoms with Crippen molar-refractivity contribution in [1.29, 1.82) is 5.26 Å². The Balaban J connectivity index is 2.09. The smallest absolute Gasteiger partial charge is 0.276 e. The largest absolute Gasteiger partial charge is 0.360 e. The van der Waals surface area contributed by atoms with Crippen LogP contribution in [0, 0.1) is 21.4 Å². The fourth-order valence-corrected chi connectivity index (χ4v) is 2.92. The Morgan fingerprint density at radius 1 is 1.27 bits per heavy atom. The molecule has 0 aliphatic heterocycles. The van der Waals surface area contributed by atoms with E-state index in [1.807, 2.05) is 31.2 Å². The Morgan fingerprint density at radius 2 is 2.04 bits per heavy atom. The number of nitrogens with zero attached hydrogens (tertiary/aromatic N) is 2. The first-order valence-corrected chi connectivity index (χ1v) is 8.05. The van der Waals surface area contributed by atoms with Gasteiger partial charge < -0.3 is 4.98 Å². The van der Waals surface area contributed by atoms with Crippen LogP contribution in [0.3, 0.4) is 0 Å². The lowest BCUT2D eigenvalue weighted by atomic mass is 9.99. The summed E-state index contributed by atoms with van der Waals surface area (Å²) in [4.78, 5) is 26.6. The van der Waals surface area contributed by atoms with Crippen molar-refractivity contribution in [3.63, 3.8) is 0 Å². The molecule has 0 saturated heterocycles. The molecule has 0 aliphatic carbocycles. The van der Waals surface area contributed by atoms with Crippen molar-refractivity contribution < 1.29 is 9.72 Å². The van der Waals surface area contributed by atoms with Crippen molar-refractivity contribution in [1.82, 2.24) is 4.98 Å². The third-order valence-corrected chi connectivity index (χ3v) is 4.23. The van der Waals surface area contributed by atoms with Crippen LogP contribution in [0.4, 0.5) is 5.69 Å². The fourth-order valence-electron chi connectivity index (χ4n) is 2.92. The van der Waals surface area contributed by atoms with E-state index in [9.17, 15) is 20.2 Å². The number of fused-ring (bicyclic) bond motifs is 1. The maximum atomic E-state index is 12.9. The lowest BCUT2D eigenvalue weighted by Crippen LogP contribution is -2.02. The van der Waals surface area contributed by atoms with Gasteiger partial charge in [0.25, 0.3) is 5.69 Å². The molecule has 0 radical (unpaired) electrons. The van der Waals surface area contributed by atoms with E-state index in [0.29, 0.717) is 5.56 Å². The molecule has 26 heavy (non-hydrogen) atoms. The summed E-state index contributed by atoms with van der Waals surface area (Å²) in [5, 5.41) is 21.3. The highest BCUT2D eigenvalue weighted by atomic mass is 16.6. The number of nitro groups is 1. The average Bonchev–Trinajstić information content (AvgIpc) is 3.09. The highest BCUT2D eigenvalue weighted by Crippen LogP contribution is 2.26. The number of aryl methyl sites for hydroxylation is 1. The van der Waals surface area contributed by atoms with Crippen molar-refractivity contribution in [2.75, 3.05) is 0 Å². The molecule has 2 aromatic carbocycles. The fraction of sp³-hybridized carbons (Fsp3) is 0.100. The Labute approximate surface area is 149 Å². The molecule has 0 bridgehead atoms. The van der Waals surface area contributed by atoms with Crippen LogP contribution in [0.25, 0.3) is 17.0 Å². The van der Waals surface area contributed by atoms with Crippen molar-refractivity contribution in [2.24, 2.45) is 0 Å².